The van der Waals surface area contributed by atoms with Gasteiger partial charge in [-0.15, -0.1) is 13.2 Å². The highest BCUT2D eigenvalue weighted by molar-refractivity contribution is 6.38. The van der Waals surface area contributed by atoms with Crippen molar-refractivity contribution in [3.05, 3.63) is 62.8 Å². The number of fused-ring (bicyclic) bond motifs is 1. The van der Waals surface area contributed by atoms with Crippen molar-refractivity contribution in [1.82, 2.24) is 9.47 Å². The van der Waals surface area contributed by atoms with E-state index < -0.39 is 18.2 Å². The van der Waals surface area contributed by atoms with Crippen molar-refractivity contribution in [1.29, 1.82) is 0 Å². The van der Waals surface area contributed by atoms with Crippen LogP contribution in [0.5, 0.6) is 5.75 Å². The fourth-order valence-corrected chi connectivity index (χ4v) is 5.69. The molecule has 0 spiro atoms. The molecule has 1 aliphatic rings. The molecule has 6 nitrogen and oxygen atoms in total. The van der Waals surface area contributed by atoms with Crippen LogP contribution in [-0.2, 0) is 18.3 Å². The highest BCUT2D eigenvalue weighted by atomic mass is 35.5. The Labute approximate surface area is 221 Å². The fourth-order valence-electron chi connectivity index (χ4n) is 5.11. The van der Waals surface area contributed by atoms with Crippen molar-refractivity contribution in [2.24, 2.45) is 18.9 Å². The first kappa shape index (κ1) is 27.1. The van der Waals surface area contributed by atoms with Crippen LogP contribution < -0.4 is 4.74 Å². The van der Waals surface area contributed by atoms with Gasteiger partial charge >= 0.3 is 12.3 Å². The minimum absolute atomic E-state index is 0.192. The maximum absolute atomic E-state index is 13.3. The van der Waals surface area contributed by atoms with Crippen molar-refractivity contribution in [3.8, 4) is 5.75 Å². The number of rotatable bonds is 5. The summed E-state index contributed by atoms with van der Waals surface area (Å²) in [6.45, 7) is 4.11. The summed E-state index contributed by atoms with van der Waals surface area (Å²) in [5.41, 5.74) is 2.69. The van der Waals surface area contributed by atoms with Crippen LogP contribution in [0.2, 0.25) is 10.0 Å². The van der Waals surface area contributed by atoms with Crippen LogP contribution >= 0.6 is 23.2 Å². The van der Waals surface area contributed by atoms with E-state index in [4.69, 9.17) is 23.2 Å². The predicted octanol–water partition coefficient (Wildman–Crippen LogP) is 6.47. The van der Waals surface area contributed by atoms with Crippen LogP contribution in [-0.4, -0.2) is 45.9 Å². The van der Waals surface area contributed by atoms with Gasteiger partial charge in [-0.25, -0.2) is 0 Å². The summed E-state index contributed by atoms with van der Waals surface area (Å²) >= 11 is 13.2. The smallest absolute Gasteiger partial charge is 0.481 e. The van der Waals surface area contributed by atoms with Gasteiger partial charge in [0, 0.05) is 49.2 Å². The molecule has 0 aliphatic carbocycles. The van der Waals surface area contributed by atoms with Crippen molar-refractivity contribution >= 4 is 46.0 Å². The van der Waals surface area contributed by atoms with E-state index in [1.54, 1.807) is 48.7 Å². The second-order valence-electron chi connectivity index (χ2n) is 9.47. The third-order valence-corrected chi connectivity index (χ3v) is 7.65. The van der Waals surface area contributed by atoms with E-state index in [9.17, 15) is 27.9 Å². The third-order valence-electron chi connectivity index (χ3n) is 6.87. The molecular formula is C26H25Cl2F3N2O4. The molecule has 2 heterocycles. The van der Waals surface area contributed by atoms with Gasteiger partial charge in [0.05, 0.1) is 22.0 Å². The Morgan fingerprint density at radius 2 is 1.92 bits per heavy atom. The van der Waals surface area contributed by atoms with Crippen LogP contribution in [0.1, 0.15) is 40.4 Å². The van der Waals surface area contributed by atoms with Crippen LogP contribution in [0.25, 0.3) is 10.9 Å². The molecule has 1 N–H and O–H groups in total. The van der Waals surface area contributed by atoms with Gasteiger partial charge < -0.3 is 19.3 Å². The lowest BCUT2D eigenvalue weighted by Crippen LogP contribution is -2.45. The van der Waals surface area contributed by atoms with E-state index in [2.05, 4.69) is 4.74 Å². The number of carbonyl (C=O) groups excluding carboxylic acids is 1. The lowest BCUT2D eigenvalue weighted by Gasteiger charge is -2.35. The number of amides is 1. The van der Waals surface area contributed by atoms with Crippen molar-refractivity contribution in [2.75, 3.05) is 13.1 Å². The number of hydrogen-bond acceptors (Lipinski definition) is 3. The van der Waals surface area contributed by atoms with E-state index >= 15 is 0 Å². The summed E-state index contributed by atoms with van der Waals surface area (Å²) in [5, 5.41) is 10.7. The van der Waals surface area contributed by atoms with E-state index in [-0.39, 0.29) is 34.6 Å². The van der Waals surface area contributed by atoms with Gasteiger partial charge in [-0.05, 0) is 54.2 Å². The van der Waals surface area contributed by atoms with Gasteiger partial charge in [0.25, 0.3) is 5.91 Å². The summed E-state index contributed by atoms with van der Waals surface area (Å²) in [6.07, 6.45) is -2.42. The standard InChI is InChI=1S/C26H25Cl2F3N2O4/c1-13-8-16(37-26(29,30)31)10-21-22(13)15(12-32(21)3)9-19-20(27)5-4-18(23(19)28)24(34)33-7-6-17(25(35)36)14(2)11-33/h4-5,8,10,12,14,17H,6-7,9,11H2,1-3H3,(H,35,36). The number of carbonyl (C=O) groups is 2. The fraction of sp³-hybridized carbons (Fsp3) is 0.385. The van der Waals surface area contributed by atoms with Crippen LogP contribution in [0.15, 0.2) is 30.5 Å². The number of alkyl halides is 3. The zero-order valence-electron chi connectivity index (χ0n) is 20.3. The average Bonchev–Trinajstić information content (AvgIpc) is 3.10. The molecule has 198 valence electrons. The summed E-state index contributed by atoms with van der Waals surface area (Å²) < 4.78 is 44.1. The molecule has 1 aromatic heterocycles. The Bertz CT molecular complexity index is 1390. The summed E-state index contributed by atoms with van der Waals surface area (Å²) in [6, 6.07) is 5.80. The highest BCUT2D eigenvalue weighted by Crippen LogP contribution is 2.37. The number of aryl methyl sites for hydroxylation is 2. The number of benzene rings is 2. The minimum Gasteiger partial charge on any atom is -0.481 e. The van der Waals surface area contributed by atoms with Gasteiger partial charge in [-0.3, -0.25) is 9.59 Å². The number of piperidine rings is 1. The summed E-state index contributed by atoms with van der Waals surface area (Å²) in [4.78, 5) is 26.3. The first-order valence-electron chi connectivity index (χ1n) is 11.6. The molecule has 0 bridgehead atoms. The second-order valence-corrected chi connectivity index (χ2v) is 10.3. The molecule has 1 amide bonds. The lowest BCUT2D eigenvalue weighted by atomic mass is 9.86. The van der Waals surface area contributed by atoms with Crippen molar-refractivity contribution in [3.63, 3.8) is 0 Å². The number of carboxylic acid groups (broad SMARTS) is 1. The van der Waals surface area contributed by atoms with Gasteiger partial charge in [-0.1, -0.05) is 30.1 Å². The molecule has 0 saturated carbocycles. The van der Waals surface area contributed by atoms with E-state index in [0.29, 0.717) is 41.2 Å². The third kappa shape index (κ3) is 5.52. The Morgan fingerprint density at radius 1 is 1.22 bits per heavy atom. The maximum atomic E-state index is 13.3. The molecule has 3 aromatic rings. The Balaban J connectivity index is 1.66. The summed E-state index contributed by atoms with van der Waals surface area (Å²) in [5.74, 6) is -2.19. The number of aliphatic carboxylic acids is 1. The highest BCUT2D eigenvalue weighted by Gasteiger charge is 2.34. The molecule has 1 aliphatic heterocycles. The zero-order chi connectivity index (χ0) is 27.2. The van der Waals surface area contributed by atoms with Crippen LogP contribution in [0, 0.1) is 18.8 Å². The van der Waals surface area contributed by atoms with E-state index in [1.165, 1.54) is 12.1 Å². The van der Waals surface area contributed by atoms with Gasteiger partial charge in [0.2, 0.25) is 0 Å². The lowest BCUT2D eigenvalue weighted by molar-refractivity contribution is -0.274. The topological polar surface area (TPSA) is 71.8 Å². The number of nitrogens with zero attached hydrogens (tertiary/aromatic N) is 2. The predicted molar refractivity (Wildman–Crippen MR) is 134 cm³/mol. The Morgan fingerprint density at radius 3 is 2.54 bits per heavy atom. The number of halogens is 5. The molecule has 1 saturated heterocycles. The SMILES string of the molecule is Cc1cc(OC(F)(F)F)cc2c1c(Cc1c(Cl)ccc(C(=O)N3CCC(C(=O)O)C(C)C3)c1Cl)cn2C. The Hall–Kier alpha value is -2.91. The number of likely N-dealkylation sites (tertiary alicyclic amines) is 1. The van der Waals surface area contributed by atoms with Crippen molar-refractivity contribution < 1.29 is 32.6 Å². The quantitative estimate of drug-likeness (QED) is 0.391. The van der Waals surface area contributed by atoms with Crippen molar-refractivity contribution in [2.45, 2.75) is 33.1 Å². The first-order chi connectivity index (χ1) is 17.3. The number of hydrogen-bond donors (Lipinski definition) is 1. The first-order valence-corrected chi connectivity index (χ1v) is 12.4. The van der Waals surface area contributed by atoms with Crippen LogP contribution in [0.4, 0.5) is 13.2 Å². The van der Waals surface area contributed by atoms with E-state index in [0.717, 1.165) is 10.9 Å². The summed E-state index contributed by atoms with van der Waals surface area (Å²) in [7, 11) is 1.72. The van der Waals surface area contributed by atoms with E-state index in [1.807, 2.05) is 0 Å². The average molecular weight is 557 g/mol. The second kappa shape index (κ2) is 10.1. The molecule has 0 radical (unpaired) electrons. The molecule has 1 fully saturated rings. The molecule has 2 atom stereocenters. The minimum atomic E-state index is -4.80. The number of aromatic nitrogens is 1. The number of carboxylic acids is 1. The normalized spacial score (nSPS) is 18.3. The van der Waals surface area contributed by atoms with Crippen LogP contribution in [0.3, 0.4) is 0 Å². The Kier molecular flexibility index (Phi) is 7.41. The zero-order valence-corrected chi connectivity index (χ0v) is 21.8. The molecule has 2 unspecified atom stereocenters. The molecule has 37 heavy (non-hydrogen) atoms. The molecule has 11 heteroatoms. The molecular weight excluding hydrogens is 532 g/mol. The molecule has 2 aromatic carbocycles. The van der Waals surface area contributed by atoms with Gasteiger partial charge in [0.15, 0.2) is 0 Å². The molecule has 4 rings (SSSR count). The van der Waals surface area contributed by atoms with Gasteiger partial charge in [0.1, 0.15) is 5.75 Å². The largest absolute Gasteiger partial charge is 0.573 e. The number of ether oxygens (including phenoxy) is 1. The monoisotopic (exact) mass is 556 g/mol. The van der Waals surface area contributed by atoms with Gasteiger partial charge in [-0.2, -0.15) is 0 Å². The maximum Gasteiger partial charge on any atom is 0.573 e.